The first kappa shape index (κ1) is 33.6. The summed E-state index contributed by atoms with van der Waals surface area (Å²) < 4.78 is 4.50. The molecule has 0 radical (unpaired) electrons. The number of aliphatic hydroxyl groups excluding tert-OH is 1. The SMILES string of the molecule is C=CCN(C(=O)C1N([C@@H](CO)Cc2ccccc2)C(=O)[C@@H]2[C@@H](C(=O)N(CC=C)c3ccccc3)[C@H]3CC(C)C12S3)c1ccc(OC)cc1. The van der Waals surface area contributed by atoms with Crippen molar-refractivity contribution >= 4 is 40.9 Å². The number of para-hydroxylation sites is 1. The summed E-state index contributed by atoms with van der Waals surface area (Å²) in [6, 6.07) is 24.8. The molecule has 6 rings (SSSR count). The van der Waals surface area contributed by atoms with Crippen LogP contribution in [0.3, 0.4) is 0 Å². The third kappa shape index (κ3) is 5.62. The normalized spacial score (nSPS) is 26.1. The maximum atomic E-state index is 15.2. The summed E-state index contributed by atoms with van der Waals surface area (Å²) in [5, 5.41) is 10.8. The third-order valence-electron chi connectivity index (χ3n) is 10.2. The van der Waals surface area contributed by atoms with Crippen LogP contribution in [0.25, 0.3) is 0 Å². The Kier molecular flexibility index (Phi) is 9.80. The summed E-state index contributed by atoms with van der Waals surface area (Å²) in [4.78, 5) is 49.9. The van der Waals surface area contributed by atoms with Crippen LogP contribution >= 0.6 is 11.8 Å². The molecular weight excluding hydrogens is 623 g/mol. The Labute approximate surface area is 287 Å². The summed E-state index contributed by atoms with van der Waals surface area (Å²) in [7, 11) is 1.59. The molecule has 7 atom stereocenters. The highest BCUT2D eigenvalue weighted by atomic mass is 32.2. The number of anilines is 2. The van der Waals surface area contributed by atoms with E-state index in [0.29, 0.717) is 30.8 Å². The fourth-order valence-corrected chi connectivity index (χ4v) is 10.5. The number of aliphatic hydroxyl groups is 1. The average Bonchev–Trinajstić information content (AvgIpc) is 3.72. The maximum Gasteiger partial charge on any atom is 0.251 e. The van der Waals surface area contributed by atoms with E-state index in [4.69, 9.17) is 4.74 Å². The number of methoxy groups -OCH3 is 1. The fourth-order valence-electron chi connectivity index (χ4n) is 8.15. The summed E-state index contributed by atoms with van der Waals surface area (Å²) in [5.74, 6) is -1.38. The Morgan fingerprint density at radius 1 is 0.958 bits per heavy atom. The minimum absolute atomic E-state index is 0.0356. The van der Waals surface area contributed by atoms with Gasteiger partial charge in [0.25, 0.3) is 5.91 Å². The van der Waals surface area contributed by atoms with E-state index in [1.54, 1.807) is 57.9 Å². The highest BCUT2D eigenvalue weighted by Gasteiger charge is 2.77. The minimum atomic E-state index is -0.912. The second-order valence-electron chi connectivity index (χ2n) is 12.8. The van der Waals surface area contributed by atoms with Crippen molar-refractivity contribution in [2.24, 2.45) is 17.8 Å². The lowest BCUT2D eigenvalue weighted by Crippen LogP contribution is -2.59. The quantitative estimate of drug-likeness (QED) is 0.247. The topological polar surface area (TPSA) is 90.4 Å². The van der Waals surface area contributed by atoms with Crippen molar-refractivity contribution in [3.05, 3.63) is 116 Å². The number of fused-ring (bicyclic) bond motifs is 1. The van der Waals surface area contributed by atoms with Crippen molar-refractivity contribution in [3.8, 4) is 5.75 Å². The number of rotatable bonds is 13. The number of hydrogen-bond donors (Lipinski definition) is 1. The van der Waals surface area contributed by atoms with Gasteiger partial charge in [-0.15, -0.1) is 24.9 Å². The molecule has 8 nitrogen and oxygen atoms in total. The number of thioether (sulfide) groups is 1. The van der Waals surface area contributed by atoms with Crippen LogP contribution in [0.1, 0.15) is 18.9 Å². The van der Waals surface area contributed by atoms with Crippen molar-refractivity contribution in [1.82, 2.24) is 4.90 Å². The van der Waals surface area contributed by atoms with Crippen molar-refractivity contribution < 1.29 is 24.2 Å². The van der Waals surface area contributed by atoms with Gasteiger partial charge in [-0.25, -0.2) is 0 Å². The Morgan fingerprint density at radius 3 is 2.12 bits per heavy atom. The van der Waals surface area contributed by atoms with E-state index in [1.807, 2.05) is 72.8 Å². The monoisotopic (exact) mass is 665 g/mol. The zero-order chi connectivity index (χ0) is 34.0. The molecule has 9 heteroatoms. The van der Waals surface area contributed by atoms with Crippen LogP contribution in [0.4, 0.5) is 11.4 Å². The molecule has 3 aliphatic rings. The van der Waals surface area contributed by atoms with Crippen LogP contribution in [0.15, 0.2) is 110 Å². The fraction of sp³-hybridized carbons (Fsp3) is 0.359. The van der Waals surface area contributed by atoms with Crippen LogP contribution in [-0.2, 0) is 20.8 Å². The number of carbonyl (C=O) groups excluding carboxylic acids is 3. The molecule has 3 saturated heterocycles. The zero-order valence-electron chi connectivity index (χ0n) is 27.5. The molecule has 3 aliphatic heterocycles. The molecule has 0 aromatic heterocycles. The molecule has 3 amide bonds. The van der Waals surface area contributed by atoms with Gasteiger partial charge < -0.3 is 24.5 Å². The Bertz CT molecular complexity index is 1650. The van der Waals surface area contributed by atoms with Crippen LogP contribution < -0.4 is 14.5 Å². The van der Waals surface area contributed by atoms with Gasteiger partial charge in [0.15, 0.2) is 0 Å². The van der Waals surface area contributed by atoms with E-state index in [-0.39, 0.29) is 42.0 Å². The molecule has 250 valence electrons. The number of likely N-dealkylation sites (tertiary alicyclic amines) is 1. The second-order valence-corrected chi connectivity index (χ2v) is 14.4. The van der Waals surface area contributed by atoms with E-state index in [9.17, 15) is 9.90 Å². The van der Waals surface area contributed by atoms with Crippen LogP contribution in [0, 0.1) is 17.8 Å². The molecule has 0 saturated carbocycles. The van der Waals surface area contributed by atoms with Crippen molar-refractivity contribution in [2.75, 3.05) is 36.6 Å². The largest absolute Gasteiger partial charge is 0.497 e. The molecular formula is C39H43N3O5S. The predicted molar refractivity (Wildman–Crippen MR) is 191 cm³/mol. The van der Waals surface area contributed by atoms with E-state index in [0.717, 1.165) is 11.3 Å². The van der Waals surface area contributed by atoms with Crippen molar-refractivity contribution in [3.63, 3.8) is 0 Å². The predicted octanol–water partition coefficient (Wildman–Crippen LogP) is 5.37. The van der Waals surface area contributed by atoms with Gasteiger partial charge in [0.1, 0.15) is 11.8 Å². The minimum Gasteiger partial charge on any atom is -0.497 e. The lowest BCUT2D eigenvalue weighted by atomic mass is 9.65. The van der Waals surface area contributed by atoms with Gasteiger partial charge in [-0.05, 0) is 60.7 Å². The molecule has 0 aliphatic carbocycles. The lowest BCUT2D eigenvalue weighted by Gasteiger charge is -2.42. The average molecular weight is 666 g/mol. The third-order valence-corrected chi connectivity index (χ3v) is 12.3. The van der Waals surface area contributed by atoms with Crippen molar-refractivity contribution in [1.29, 1.82) is 0 Å². The van der Waals surface area contributed by atoms with Gasteiger partial charge in [-0.3, -0.25) is 14.4 Å². The summed E-state index contributed by atoms with van der Waals surface area (Å²) >= 11 is 1.63. The van der Waals surface area contributed by atoms with E-state index in [1.165, 1.54) is 0 Å². The molecule has 1 spiro atoms. The standard InChI is InChI=1S/C39H43N3O5S/c1-5-21-40(28-15-11-8-12-16-28)36(44)33-32-23-26(3)39(48-32)34(33)37(45)42(30(25-43)24-27-13-9-7-10-14-27)35(39)38(46)41(22-6-2)29-17-19-31(47-4)20-18-29/h5-20,26,30,32-35,43H,1-2,21-25H2,3-4H3/t26?,30-,32-,33+,34+,35?,39?/m1/s1. The van der Waals surface area contributed by atoms with Crippen LogP contribution in [0.2, 0.25) is 0 Å². The Balaban J connectivity index is 1.47. The van der Waals surface area contributed by atoms with Gasteiger partial charge in [-0.2, -0.15) is 0 Å². The van der Waals surface area contributed by atoms with Crippen molar-refractivity contribution in [2.45, 2.75) is 41.8 Å². The van der Waals surface area contributed by atoms with Crippen LogP contribution in [0.5, 0.6) is 5.75 Å². The number of amides is 3. The molecule has 3 fully saturated rings. The summed E-state index contributed by atoms with van der Waals surface area (Å²) in [5.41, 5.74) is 2.33. The summed E-state index contributed by atoms with van der Waals surface area (Å²) in [6.07, 6.45) is 4.44. The number of hydrogen-bond acceptors (Lipinski definition) is 6. The first-order valence-corrected chi connectivity index (χ1v) is 17.4. The Hall–Kier alpha value is -4.34. The van der Waals surface area contributed by atoms with Gasteiger partial charge in [0.05, 0.1) is 36.3 Å². The van der Waals surface area contributed by atoms with E-state index >= 15 is 9.59 Å². The first-order valence-electron chi connectivity index (χ1n) is 16.5. The van der Waals surface area contributed by atoms with E-state index in [2.05, 4.69) is 20.1 Å². The molecule has 3 heterocycles. The van der Waals surface area contributed by atoms with Gasteiger partial charge in [0.2, 0.25) is 11.8 Å². The molecule has 3 aromatic rings. The summed E-state index contributed by atoms with van der Waals surface area (Å²) in [6.45, 7) is 10.1. The highest BCUT2D eigenvalue weighted by molar-refractivity contribution is 8.02. The maximum absolute atomic E-state index is 15.2. The highest BCUT2D eigenvalue weighted by Crippen LogP contribution is 2.69. The van der Waals surface area contributed by atoms with Gasteiger partial charge >= 0.3 is 0 Å². The number of carbonyl (C=O) groups is 3. The smallest absolute Gasteiger partial charge is 0.251 e. The molecule has 2 bridgehead atoms. The Morgan fingerprint density at radius 2 is 1.54 bits per heavy atom. The van der Waals surface area contributed by atoms with E-state index < -0.39 is 28.7 Å². The number of nitrogens with zero attached hydrogens (tertiary/aromatic N) is 3. The molecule has 1 N–H and O–H groups in total. The van der Waals surface area contributed by atoms with Crippen LogP contribution in [-0.4, -0.2) is 76.6 Å². The lowest BCUT2D eigenvalue weighted by molar-refractivity contribution is -0.141. The number of ether oxygens (including phenoxy) is 1. The van der Waals surface area contributed by atoms with Gasteiger partial charge in [-0.1, -0.05) is 67.6 Å². The molecule has 3 aromatic carbocycles. The second kappa shape index (κ2) is 14.0. The van der Waals surface area contributed by atoms with Gasteiger partial charge in [0, 0.05) is 29.7 Å². The molecule has 3 unspecified atom stereocenters. The number of benzene rings is 3. The molecule has 48 heavy (non-hydrogen) atoms. The zero-order valence-corrected chi connectivity index (χ0v) is 28.3. The first-order chi connectivity index (χ1) is 23.3.